The second-order valence-electron chi connectivity index (χ2n) is 7.77. The van der Waals surface area contributed by atoms with E-state index in [2.05, 4.69) is 28.2 Å². The predicted molar refractivity (Wildman–Crippen MR) is 130 cm³/mol. The summed E-state index contributed by atoms with van der Waals surface area (Å²) in [4.78, 5) is 40.4. The molecule has 1 aromatic rings. The average Bonchev–Trinajstić information content (AvgIpc) is 3.21. The third-order valence-electron chi connectivity index (χ3n) is 3.93. The molecule has 0 N–H and O–H groups in total. The molecule has 0 aliphatic carbocycles. The minimum absolute atomic E-state index is 0.0753. The fourth-order valence-electron chi connectivity index (χ4n) is 2.55. The molecule has 0 saturated heterocycles. The Morgan fingerprint density at radius 1 is 1.44 bits per heavy atom. The number of nitrogens with zero attached hydrogens (tertiary/aromatic N) is 5. The zero-order valence-electron chi connectivity index (χ0n) is 20.5. The summed E-state index contributed by atoms with van der Waals surface area (Å²) in [5.41, 5.74) is 2.41. The van der Waals surface area contributed by atoms with Gasteiger partial charge in [-0.3, -0.25) is 19.5 Å². The van der Waals surface area contributed by atoms with E-state index in [-0.39, 0.29) is 12.1 Å². The number of aromatic nitrogens is 1. The average molecular weight is 470 g/mol. The maximum Gasteiger partial charge on any atom is 0.410 e. The van der Waals surface area contributed by atoms with E-state index in [1.807, 2.05) is 47.2 Å². The number of carbonyl (C=O) groups excluding carboxylic acids is 2. The molecule has 2 heterocycles. The third-order valence-corrected chi connectivity index (χ3v) is 4.90. The lowest BCUT2D eigenvalue weighted by Gasteiger charge is -2.33. The molecule has 182 valence electrons. The van der Waals surface area contributed by atoms with E-state index in [9.17, 15) is 9.59 Å². The lowest BCUT2D eigenvalue weighted by molar-refractivity contribution is -0.185. The first kappa shape index (κ1) is 29.7. The maximum absolute atomic E-state index is 11.3. The zero-order valence-corrected chi connectivity index (χ0v) is 21.4. The predicted octanol–water partition coefficient (Wildman–Crippen LogP) is 3.79. The molecule has 10 heteroatoms. The van der Waals surface area contributed by atoms with Crippen LogP contribution >= 0.6 is 11.3 Å². The zero-order chi connectivity index (χ0) is 24.7. The second kappa shape index (κ2) is 15.5. The Labute approximate surface area is 196 Å². The van der Waals surface area contributed by atoms with Gasteiger partial charge in [0, 0.05) is 26.7 Å². The van der Waals surface area contributed by atoms with Crippen molar-refractivity contribution in [3.63, 3.8) is 0 Å². The second-order valence-corrected chi connectivity index (χ2v) is 8.66. The molecule has 1 atom stereocenters. The highest BCUT2D eigenvalue weighted by Crippen LogP contribution is 2.32. The molecular weight excluding hydrogens is 430 g/mol. The van der Waals surface area contributed by atoms with Crippen LogP contribution in [-0.2, 0) is 20.9 Å². The number of amides is 2. The Morgan fingerprint density at radius 3 is 2.62 bits per heavy atom. The number of thiazole rings is 1. The smallest absolute Gasteiger partial charge is 0.410 e. The standard InChI is InChI=1S/C11H15N3O2S.C9H18N2O2.C2H6/c1-3-4-16-14(8-15)10-6-13(2)5-9-11(10)17-7-12-9;1-9(2,3)13-8(12)11(5)7-6-10-4;1-2/h3,7-8,10H,1,4-6H2,2H3;4,6-7H2,1-3,5H3;1-2H3/t10-;;/m0../s1. The van der Waals surface area contributed by atoms with Gasteiger partial charge in [0.1, 0.15) is 11.6 Å². The molecule has 0 unspecified atom stereocenters. The highest BCUT2D eigenvalue weighted by atomic mass is 32.1. The van der Waals surface area contributed by atoms with Gasteiger partial charge in [0.2, 0.25) is 6.41 Å². The van der Waals surface area contributed by atoms with Gasteiger partial charge in [-0.1, -0.05) is 19.9 Å². The molecule has 0 saturated carbocycles. The normalized spacial score (nSPS) is 15.0. The van der Waals surface area contributed by atoms with Crippen molar-refractivity contribution in [2.24, 2.45) is 4.99 Å². The molecule has 32 heavy (non-hydrogen) atoms. The summed E-state index contributed by atoms with van der Waals surface area (Å²) in [5, 5.41) is 1.36. The van der Waals surface area contributed by atoms with Crippen LogP contribution in [0.25, 0.3) is 0 Å². The number of fused-ring (bicyclic) bond motifs is 1. The van der Waals surface area contributed by atoms with Gasteiger partial charge < -0.3 is 9.64 Å². The van der Waals surface area contributed by atoms with E-state index < -0.39 is 5.60 Å². The summed E-state index contributed by atoms with van der Waals surface area (Å²) in [6.07, 6.45) is 2.02. The largest absolute Gasteiger partial charge is 0.444 e. The van der Waals surface area contributed by atoms with Gasteiger partial charge in [0.25, 0.3) is 0 Å². The number of hydrogen-bond donors (Lipinski definition) is 0. The number of hydroxylamine groups is 2. The molecule has 0 radical (unpaired) electrons. The summed E-state index contributed by atoms with van der Waals surface area (Å²) >= 11 is 1.57. The first-order valence-electron chi connectivity index (χ1n) is 10.6. The lowest BCUT2D eigenvalue weighted by Crippen LogP contribution is -2.39. The van der Waals surface area contributed by atoms with Crippen molar-refractivity contribution in [3.8, 4) is 0 Å². The SMILES string of the molecule is C=CCON(C=O)[C@H]1CN(C)Cc2ncsc21.C=NCCN(C)C(=O)OC(C)(C)C.CC. The molecule has 0 aromatic carbocycles. The number of rotatable bonds is 8. The Morgan fingerprint density at radius 2 is 2.09 bits per heavy atom. The Bertz CT molecular complexity index is 705. The molecule has 0 bridgehead atoms. The highest BCUT2D eigenvalue weighted by molar-refractivity contribution is 7.09. The van der Waals surface area contributed by atoms with Crippen molar-refractivity contribution in [1.82, 2.24) is 19.8 Å². The summed E-state index contributed by atoms with van der Waals surface area (Å²) in [5.74, 6) is 0. The van der Waals surface area contributed by atoms with E-state index in [0.717, 1.165) is 30.1 Å². The fraction of sp³-hybridized carbons (Fsp3) is 0.636. The van der Waals surface area contributed by atoms with Gasteiger partial charge in [-0.25, -0.2) is 14.8 Å². The summed E-state index contributed by atoms with van der Waals surface area (Å²) in [6.45, 7) is 19.4. The van der Waals surface area contributed by atoms with Gasteiger partial charge in [-0.2, -0.15) is 0 Å². The van der Waals surface area contributed by atoms with E-state index in [4.69, 9.17) is 9.57 Å². The van der Waals surface area contributed by atoms with Crippen LogP contribution in [0.4, 0.5) is 4.79 Å². The molecule has 0 spiro atoms. The minimum atomic E-state index is -0.438. The van der Waals surface area contributed by atoms with Crippen LogP contribution in [0.2, 0.25) is 0 Å². The molecule has 1 aliphatic heterocycles. The minimum Gasteiger partial charge on any atom is -0.444 e. The van der Waals surface area contributed by atoms with Gasteiger partial charge in [-0.05, 0) is 34.5 Å². The first-order valence-corrected chi connectivity index (χ1v) is 11.5. The number of likely N-dealkylation sites (N-methyl/N-ethyl adjacent to an activating group) is 2. The van der Waals surface area contributed by atoms with Crippen LogP contribution in [0.15, 0.2) is 23.2 Å². The Kier molecular flexibility index (Phi) is 14.4. The molecule has 2 amide bonds. The van der Waals surface area contributed by atoms with Crippen LogP contribution in [0.1, 0.15) is 51.2 Å². The Hall–Kier alpha value is -2.30. The van der Waals surface area contributed by atoms with Gasteiger partial charge in [0.05, 0.1) is 29.2 Å². The summed E-state index contributed by atoms with van der Waals surface area (Å²) in [7, 11) is 3.69. The van der Waals surface area contributed by atoms with Crippen LogP contribution in [-0.4, -0.2) is 85.0 Å². The quantitative estimate of drug-likeness (QED) is 0.249. The lowest BCUT2D eigenvalue weighted by atomic mass is 10.1. The molecular formula is C22H39N5O4S. The topological polar surface area (TPSA) is 87.6 Å². The molecule has 1 aliphatic rings. The van der Waals surface area contributed by atoms with Gasteiger partial charge in [0.15, 0.2) is 0 Å². The molecule has 1 aromatic heterocycles. The number of hydrogen-bond acceptors (Lipinski definition) is 8. The van der Waals surface area contributed by atoms with Gasteiger partial charge in [-0.15, -0.1) is 17.9 Å². The Balaban J connectivity index is 0.000000578. The first-order chi connectivity index (χ1) is 15.1. The van der Waals surface area contributed by atoms with Crippen molar-refractivity contribution in [1.29, 1.82) is 0 Å². The third kappa shape index (κ3) is 10.8. The highest BCUT2D eigenvalue weighted by Gasteiger charge is 2.30. The summed E-state index contributed by atoms with van der Waals surface area (Å²) in [6, 6.07) is -0.0753. The van der Waals surface area contributed by atoms with Crippen LogP contribution in [0, 0.1) is 0 Å². The molecule has 9 nitrogen and oxygen atoms in total. The summed E-state index contributed by atoms with van der Waals surface area (Å²) < 4.78 is 5.12. The van der Waals surface area contributed by atoms with Gasteiger partial charge >= 0.3 is 6.09 Å². The van der Waals surface area contributed by atoms with E-state index >= 15 is 0 Å². The number of carbonyl (C=O) groups is 2. The van der Waals surface area contributed by atoms with Crippen LogP contribution in [0.3, 0.4) is 0 Å². The van der Waals surface area contributed by atoms with Crippen molar-refractivity contribution >= 4 is 30.6 Å². The number of ether oxygens (including phenoxy) is 1. The van der Waals surface area contributed by atoms with Crippen molar-refractivity contribution in [2.45, 2.75) is 52.8 Å². The van der Waals surface area contributed by atoms with Crippen molar-refractivity contribution in [2.75, 3.05) is 40.3 Å². The molecule has 0 fully saturated rings. The van der Waals surface area contributed by atoms with E-state index in [0.29, 0.717) is 19.7 Å². The fourth-order valence-corrected chi connectivity index (χ4v) is 3.43. The van der Waals surface area contributed by atoms with Crippen molar-refractivity contribution in [3.05, 3.63) is 28.7 Å². The van der Waals surface area contributed by atoms with Crippen LogP contribution < -0.4 is 0 Å². The van der Waals surface area contributed by atoms with E-state index in [1.54, 1.807) is 24.5 Å². The maximum atomic E-state index is 11.3. The number of aliphatic imine (C=N–C) groups is 1. The van der Waals surface area contributed by atoms with Crippen molar-refractivity contribution < 1.29 is 19.2 Å². The van der Waals surface area contributed by atoms with Crippen LogP contribution in [0.5, 0.6) is 0 Å². The van der Waals surface area contributed by atoms with E-state index in [1.165, 1.54) is 9.96 Å². The molecule has 2 rings (SSSR count). The monoisotopic (exact) mass is 469 g/mol.